The summed E-state index contributed by atoms with van der Waals surface area (Å²) in [5.41, 5.74) is 2.31. The second-order valence-electron chi connectivity index (χ2n) is 5.75. The smallest absolute Gasteiger partial charge is 0.274 e. The number of rotatable bonds is 5. The van der Waals surface area contributed by atoms with E-state index in [4.69, 9.17) is 0 Å². The number of anilines is 1. The van der Waals surface area contributed by atoms with Crippen molar-refractivity contribution in [1.82, 2.24) is 20.3 Å². The summed E-state index contributed by atoms with van der Waals surface area (Å²) in [4.78, 5) is 36.1. The summed E-state index contributed by atoms with van der Waals surface area (Å²) in [5, 5.41) is 5.66. The number of para-hydroxylation sites is 1. The number of imidazole rings is 1. The highest BCUT2D eigenvalue weighted by molar-refractivity contribution is 6.08. The van der Waals surface area contributed by atoms with Crippen molar-refractivity contribution in [3.63, 3.8) is 0 Å². The molecule has 0 saturated heterocycles. The highest BCUT2D eigenvalue weighted by Gasteiger charge is 2.16. The number of hydrogen-bond donors (Lipinski definition) is 3. The van der Waals surface area contributed by atoms with E-state index in [2.05, 4.69) is 25.6 Å². The molecule has 3 aromatic rings. The van der Waals surface area contributed by atoms with E-state index in [9.17, 15) is 9.59 Å². The molecule has 128 valence electrons. The lowest BCUT2D eigenvalue weighted by Crippen LogP contribution is -2.32. The first-order valence-electron chi connectivity index (χ1n) is 8.10. The van der Waals surface area contributed by atoms with E-state index in [0.717, 1.165) is 11.9 Å². The second kappa shape index (κ2) is 7.12. The molecule has 3 rings (SSSR count). The van der Waals surface area contributed by atoms with E-state index in [-0.39, 0.29) is 17.6 Å². The predicted molar refractivity (Wildman–Crippen MR) is 95.5 cm³/mol. The van der Waals surface area contributed by atoms with Gasteiger partial charge in [-0.25, -0.2) is 9.97 Å². The third-order valence-electron chi connectivity index (χ3n) is 3.92. The fraction of sp³-hybridized carbons (Fsp3) is 0.222. The van der Waals surface area contributed by atoms with Crippen LogP contribution < -0.4 is 10.6 Å². The van der Waals surface area contributed by atoms with Crippen molar-refractivity contribution < 1.29 is 9.59 Å². The van der Waals surface area contributed by atoms with Crippen molar-refractivity contribution in [1.29, 1.82) is 0 Å². The maximum atomic E-state index is 12.5. The van der Waals surface area contributed by atoms with E-state index >= 15 is 0 Å². The van der Waals surface area contributed by atoms with Crippen LogP contribution in [0.2, 0.25) is 0 Å². The first kappa shape index (κ1) is 16.6. The first-order valence-corrected chi connectivity index (χ1v) is 8.10. The molecule has 0 saturated carbocycles. The molecule has 3 N–H and O–H groups in total. The number of aromatic nitrogens is 3. The van der Waals surface area contributed by atoms with Crippen LogP contribution >= 0.6 is 0 Å². The normalized spacial score (nSPS) is 11.9. The molecule has 25 heavy (non-hydrogen) atoms. The molecule has 2 aromatic heterocycles. The monoisotopic (exact) mass is 337 g/mol. The number of carbonyl (C=O) groups excluding carboxylic acids is 2. The average Bonchev–Trinajstić information content (AvgIpc) is 3.09. The molecule has 7 nitrogen and oxygen atoms in total. The van der Waals surface area contributed by atoms with Gasteiger partial charge in [0.15, 0.2) is 5.65 Å². The van der Waals surface area contributed by atoms with Gasteiger partial charge in [0, 0.05) is 6.04 Å². The lowest BCUT2D eigenvalue weighted by atomic mass is 10.1. The minimum atomic E-state index is -0.395. The van der Waals surface area contributed by atoms with Gasteiger partial charge in [-0.2, -0.15) is 0 Å². The van der Waals surface area contributed by atoms with Crippen LogP contribution in [0.3, 0.4) is 0 Å². The molecule has 0 fully saturated rings. The molecule has 0 bridgehead atoms. The van der Waals surface area contributed by atoms with Crippen molar-refractivity contribution in [2.45, 2.75) is 26.3 Å². The molecule has 2 amide bonds. The highest BCUT2D eigenvalue weighted by Crippen LogP contribution is 2.17. The van der Waals surface area contributed by atoms with E-state index in [0.29, 0.717) is 16.9 Å². The van der Waals surface area contributed by atoms with Gasteiger partial charge >= 0.3 is 0 Å². The molecule has 2 heterocycles. The Bertz CT molecular complexity index is 918. The second-order valence-corrected chi connectivity index (χ2v) is 5.75. The lowest BCUT2D eigenvalue weighted by molar-refractivity contribution is 0.0940. The summed E-state index contributed by atoms with van der Waals surface area (Å²) in [7, 11) is 0. The Morgan fingerprint density at radius 3 is 2.76 bits per heavy atom. The van der Waals surface area contributed by atoms with Crippen molar-refractivity contribution in [2.24, 2.45) is 0 Å². The largest absolute Gasteiger partial charge is 0.350 e. The van der Waals surface area contributed by atoms with E-state index < -0.39 is 5.91 Å². The Morgan fingerprint density at radius 1 is 1.16 bits per heavy atom. The van der Waals surface area contributed by atoms with Crippen LogP contribution in [0, 0.1) is 0 Å². The molecule has 0 aliphatic heterocycles. The number of pyridine rings is 1. The Balaban J connectivity index is 1.82. The van der Waals surface area contributed by atoms with Gasteiger partial charge < -0.3 is 15.6 Å². The van der Waals surface area contributed by atoms with Gasteiger partial charge in [-0.1, -0.05) is 19.1 Å². The van der Waals surface area contributed by atoms with Crippen LogP contribution in [0.4, 0.5) is 5.69 Å². The fourth-order valence-corrected chi connectivity index (χ4v) is 2.33. The molecule has 0 aliphatic rings. The molecule has 0 aliphatic carbocycles. The number of amides is 2. The van der Waals surface area contributed by atoms with Crippen molar-refractivity contribution in [3.05, 3.63) is 54.0 Å². The summed E-state index contributed by atoms with van der Waals surface area (Å²) >= 11 is 0. The maximum absolute atomic E-state index is 12.5. The Labute approximate surface area is 144 Å². The molecular weight excluding hydrogens is 318 g/mol. The fourth-order valence-electron chi connectivity index (χ4n) is 2.33. The number of H-pyrrole nitrogens is 1. The molecule has 0 unspecified atom stereocenters. The summed E-state index contributed by atoms with van der Waals surface area (Å²) < 4.78 is 0. The number of nitrogens with one attached hydrogen (secondary N) is 3. The number of benzene rings is 1. The van der Waals surface area contributed by atoms with Crippen molar-refractivity contribution in [2.75, 3.05) is 5.32 Å². The van der Waals surface area contributed by atoms with E-state index in [1.807, 2.05) is 13.8 Å². The molecule has 7 heteroatoms. The van der Waals surface area contributed by atoms with Gasteiger partial charge in [0.05, 0.1) is 23.1 Å². The minimum Gasteiger partial charge on any atom is -0.350 e. The van der Waals surface area contributed by atoms with Crippen molar-refractivity contribution in [3.8, 4) is 0 Å². The van der Waals surface area contributed by atoms with Gasteiger partial charge in [-0.3, -0.25) is 9.59 Å². The zero-order valence-corrected chi connectivity index (χ0v) is 14.0. The predicted octanol–water partition coefficient (Wildman–Crippen LogP) is 2.74. The molecule has 1 aromatic carbocycles. The number of nitrogens with zero attached hydrogens (tertiary/aromatic N) is 2. The van der Waals surface area contributed by atoms with Crippen LogP contribution in [0.25, 0.3) is 11.2 Å². The van der Waals surface area contributed by atoms with Gasteiger partial charge in [0.1, 0.15) is 5.69 Å². The Hall–Kier alpha value is -3.22. The van der Waals surface area contributed by atoms with Gasteiger partial charge in [-0.15, -0.1) is 0 Å². The Kier molecular flexibility index (Phi) is 4.74. The molecule has 0 spiro atoms. The topological polar surface area (TPSA) is 99.8 Å². The zero-order valence-electron chi connectivity index (χ0n) is 14.0. The third-order valence-corrected chi connectivity index (χ3v) is 3.92. The summed E-state index contributed by atoms with van der Waals surface area (Å²) in [6.45, 7) is 3.93. The van der Waals surface area contributed by atoms with E-state index in [1.54, 1.807) is 36.4 Å². The lowest BCUT2D eigenvalue weighted by Gasteiger charge is -2.14. The molecule has 1 atom stereocenters. The molecular formula is C18H19N5O2. The third kappa shape index (κ3) is 3.65. The highest BCUT2D eigenvalue weighted by atomic mass is 16.2. The number of carbonyl (C=O) groups is 2. The zero-order chi connectivity index (χ0) is 17.8. The quantitative estimate of drug-likeness (QED) is 0.666. The number of aromatic amines is 1. The summed E-state index contributed by atoms with van der Waals surface area (Å²) in [5.74, 6) is -0.616. The Morgan fingerprint density at radius 2 is 1.96 bits per heavy atom. The van der Waals surface area contributed by atoms with Gasteiger partial charge in [0.25, 0.3) is 11.8 Å². The van der Waals surface area contributed by atoms with Crippen LogP contribution in [-0.2, 0) is 0 Å². The number of fused-ring (bicyclic) bond motifs is 1. The average molecular weight is 337 g/mol. The van der Waals surface area contributed by atoms with Crippen molar-refractivity contribution >= 4 is 28.7 Å². The van der Waals surface area contributed by atoms with E-state index in [1.165, 1.54) is 6.33 Å². The maximum Gasteiger partial charge on any atom is 0.274 e. The van der Waals surface area contributed by atoms with Gasteiger partial charge in [0.2, 0.25) is 0 Å². The van der Waals surface area contributed by atoms with Crippen LogP contribution in [0.15, 0.2) is 42.7 Å². The standard InChI is InChI=1S/C18H19N5O2/c1-3-11(2)21-17(24)12-6-4-5-7-13(12)23-18(25)15-9-8-14-16(22-15)20-10-19-14/h4-11H,3H2,1-2H3,(H,21,24)(H,23,25)(H,19,20,22)/t11-/m1/s1. The SMILES string of the molecule is CC[C@@H](C)NC(=O)c1ccccc1NC(=O)c1ccc2[nH]cnc2n1. The number of hydrogen-bond acceptors (Lipinski definition) is 4. The molecule has 0 radical (unpaired) electrons. The van der Waals surface area contributed by atoms with Crippen LogP contribution in [0.5, 0.6) is 0 Å². The van der Waals surface area contributed by atoms with Gasteiger partial charge in [-0.05, 0) is 37.6 Å². The summed E-state index contributed by atoms with van der Waals surface area (Å²) in [6.07, 6.45) is 2.35. The summed E-state index contributed by atoms with van der Waals surface area (Å²) in [6, 6.07) is 10.3. The minimum absolute atomic E-state index is 0.0556. The van der Waals surface area contributed by atoms with Crippen LogP contribution in [0.1, 0.15) is 41.1 Å². The van der Waals surface area contributed by atoms with Crippen LogP contribution in [-0.4, -0.2) is 32.8 Å². The first-order chi connectivity index (χ1) is 12.1.